The van der Waals surface area contributed by atoms with Gasteiger partial charge in [0.2, 0.25) is 5.91 Å². The molecule has 1 aliphatic heterocycles. The predicted octanol–water partition coefficient (Wildman–Crippen LogP) is 4.71. The molecule has 0 unspecified atom stereocenters. The van der Waals surface area contributed by atoms with Crippen LogP contribution < -0.4 is 10.2 Å². The number of amides is 1. The molecule has 1 fully saturated rings. The van der Waals surface area contributed by atoms with Crippen molar-refractivity contribution in [3.63, 3.8) is 0 Å². The molecule has 30 heavy (non-hydrogen) atoms. The number of carbonyl (C=O) groups excluding carboxylic acids is 2. The Hall–Kier alpha value is -2.53. The van der Waals surface area contributed by atoms with Crippen LogP contribution in [0.25, 0.3) is 0 Å². The van der Waals surface area contributed by atoms with Crippen LogP contribution in [0.15, 0.2) is 42.5 Å². The first-order valence-electron chi connectivity index (χ1n) is 10.3. The van der Waals surface area contributed by atoms with Crippen LogP contribution >= 0.6 is 11.6 Å². The van der Waals surface area contributed by atoms with Crippen molar-refractivity contribution in [2.75, 3.05) is 25.1 Å². The summed E-state index contributed by atoms with van der Waals surface area (Å²) in [5.74, 6) is -0.478. The van der Waals surface area contributed by atoms with Gasteiger partial charge in [0.1, 0.15) is 0 Å². The number of rotatable bonds is 6. The van der Waals surface area contributed by atoms with E-state index in [9.17, 15) is 9.59 Å². The molecule has 1 heterocycles. The molecule has 5 nitrogen and oxygen atoms in total. The van der Waals surface area contributed by atoms with Crippen LogP contribution in [0.5, 0.6) is 0 Å². The molecule has 0 atom stereocenters. The smallest absolute Gasteiger partial charge is 0.337 e. The average molecular weight is 429 g/mol. The van der Waals surface area contributed by atoms with Crippen molar-refractivity contribution in [1.29, 1.82) is 0 Å². The molecule has 0 bridgehead atoms. The first kappa shape index (κ1) is 22.2. The quantitative estimate of drug-likeness (QED) is 0.677. The Morgan fingerprint density at radius 1 is 1.07 bits per heavy atom. The zero-order chi connectivity index (χ0) is 21.7. The summed E-state index contributed by atoms with van der Waals surface area (Å²) in [5, 5.41) is 3.82. The number of methoxy groups -OCH3 is 1. The van der Waals surface area contributed by atoms with E-state index in [-0.39, 0.29) is 12.3 Å². The third-order valence-corrected chi connectivity index (χ3v) is 5.76. The second-order valence-corrected chi connectivity index (χ2v) is 8.68. The van der Waals surface area contributed by atoms with E-state index in [0.717, 1.165) is 29.9 Å². The maximum absolute atomic E-state index is 12.8. The highest BCUT2D eigenvalue weighted by molar-refractivity contribution is 6.30. The molecule has 3 rings (SSSR count). The van der Waals surface area contributed by atoms with Gasteiger partial charge >= 0.3 is 5.97 Å². The van der Waals surface area contributed by atoms with Gasteiger partial charge in [0, 0.05) is 29.4 Å². The van der Waals surface area contributed by atoms with Gasteiger partial charge in [0.05, 0.1) is 24.6 Å². The summed E-state index contributed by atoms with van der Waals surface area (Å²) in [4.78, 5) is 26.7. The summed E-state index contributed by atoms with van der Waals surface area (Å²) in [6, 6.07) is 12.8. The molecule has 1 amide bonds. The summed E-state index contributed by atoms with van der Waals surface area (Å²) < 4.78 is 4.71. The topological polar surface area (TPSA) is 58.6 Å². The van der Waals surface area contributed by atoms with Crippen LogP contribution in [-0.2, 0) is 21.5 Å². The molecule has 160 valence electrons. The van der Waals surface area contributed by atoms with Crippen molar-refractivity contribution in [3.05, 3.63) is 64.2 Å². The van der Waals surface area contributed by atoms with E-state index in [1.54, 1.807) is 24.3 Å². The number of anilines is 1. The Morgan fingerprint density at radius 2 is 1.73 bits per heavy atom. The Bertz CT molecular complexity index is 903. The van der Waals surface area contributed by atoms with Gasteiger partial charge in [-0.2, -0.15) is 0 Å². The average Bonchev–Trinajstić information content (AvgIpc) is 2.74. The summed E-state index contributed by atoms with van der Waals surface area (Å²) in [5.41, 5.74) is 2.87. The fraction of sp³-hybridized carbons (Fsp3) is 0.417. The predicted molar refractivity (Wildman–Crippen MR) is 120 cm³/mol. The highest BCUT2D eigenvalue weighted by Gasteiger charge is 2.28. The number of hydrogen-bond donors (Lipinski definition) is 1. The van der Waals surface area contributed by atoms with Crippen molar-refractivity contribution < 1.29 is 14.3 Å². The SMILES string of the molecule is COC(=O)c1ccc(CC(=O)NC(C)(C)c2cc(Cl)ccc2N2CCCCC2)cc1. The van der Waals surface area contributed by atoms with E-state index in [0.29, 0.717) is 10.6 Å². The summed E-state index contributed by atoms with van der Waals surface area (Å²) in [6.07, 6.45) is 3.84. The van der Waals surface area contributed by atoms with Crippen molar-refractivity contribution in [1.82, 2.24) is 5.32 Å². The first-order valence-corrected chi connectivity index (χ1v) is 10.7. The van der Waals surface area contributed by atoms with Crippen LogP contribution in [0.2, 0.25) is 5.02 Å². The number of nitrogens with one attached hydrogen (secondary N) is 1. The van der Waals surface area contributed by atoms with Gasteiger partial charge < -0.3 is 15.0 Å². The minimum absolute atomic E-state index is 0.0876. The maximum atomic E-state index is 12.8. The van der Waals surface area contributed by atoms with E-state index in [1.807, 2.05) is 26.0 Å². The van der Waals surface area contributed by atoms with E-state index >= 15 is 0 Å². The van der Waals surface area contributed by atoms with Crippen LogP contribution in [-0.4, -0.2) is 32.1 Å². The second-order valence-electron chi connectivity index (χ2n) is 8.25. The van der Waals surface area contributed by atoms with Gasteiger partial charge in [-0.05, 0) is 69.0 Å². The Labute approximate surface area is 183 Å². The molecule has 0 aliphatic carbocycles. The molecule has 1 saturated heterocycles. The van der Waals surface area contributed by atoms with Crippen LogP contribution in [0, 0.1) is 0 Å². The number of halogens is 1. The number of carbonyl (C=O) groups is 2. The van der Waals surface area contributed by atoms with Crippen LogP contribution in [0.1, 0.15) is 54.6 Å². The Morgan fingerprint density at radius 3 is 2.37 bits per heavy atom. The van der Waals surface area contributed by atoms with E-state index in [2.05, 4.69) is 16.3 Å². The fourth-order valence-corrected chi connectivity index (χ4v) is 4.11. The Kier molecular flexibility index (Phi) is 7.03. The van der Waals surface area contributed by atoms with Gasteiger partial charge in [0.15, 0.2) is 0 Å². The second kappa shape index (κ2) is 9.52. The fourth-order valence-electron chi connectivity index (χ4n) is 3.94. The third kappa shape index (κ3) is 5.33. The van der Waals surface area contributed by atoms with Crippen molar-refractivity contribution in [2.24, 2.45) is 0 Å². The number of esters is 1. The van der Waals surface area contributed by atoms with Gasteiger partial charge in [0.25, 0.3) is 0 Å². The lowest BCUT2D eigenvalue weighted by atomic mass is 9.91. The highest BCUT2D eigenvalue weighted by Crippen LogP contribution is 2.34. The lowest BCUT2D eigenvalue weighted by Gasteiger charge is -2.36. The van der Waals surface area contributed by atoms with Gasteiger partial charge in [-0.15, -0.1) is 0 Å². The molecule has 0 aromatic heterocycles. The van der Waals surface area contributed by atoms with E-state index in [1.165, 1.54) is 26.4 Å². The monoisotopic (exact) mass is 428 g/mol. The number of hydrogen-bond acceptors (Lipinski definition) is 4. The molecule has 6 heteroatoms. The summed E-state index contributed by atoms with van der Waals surface area (Å²) in [6.45, 7) is 6.05. The highest BCUT2D eigenvalue weighted by atomic mass is 35.5. The lowest BCUT2D eigenvalue weighted by molar-refractivity contribution is -0.122. The van der Waals surface area contributed by atoms with Gasteiger partial charge in [-0.3, -0.25) is 4.79 Å². The molecular weight excluding hydrogens is 400 g/mol. The maximum Gasteiger partial charge on any atom is 0.337 e. The molecule has 0 radical (unpaired) electrons. The van der Waals surface area contributed by atoms with Crippen LogP contribution in [0.3, 0.4) is 0 Å². The summed E-state index contributed by atoms with van der Waals surface area (Å²) >= 11 is 6.31. The van der Waals surface area contributed by atoms with Crippen molar-refractivity contribution in [3.8, 4) is 0 Å². The zero-order valence-corrected chi connectivity index (χ0v) is 18.6. The zero-order valence-electron chi connectivity index (χ0n) is 17.8. The molecular formula is C24H29ClN2O3. The molecule has 0 spiro atoms. The minimum Gasteiger partial charge on any atom is -0.465 e. The molecule has 2 aromatic carbocycles. The standard InChI is InChI=1S/C24H29ClN2O3/c1-24(2,20-16-19(25)11-12-21(20)27-13-5-4-6-14-27)26-22(28)15-17-7-9-18(10-8-17)23(29)30-3/h7-12,16H,4-6,13-15H2,1-3H3,(H,26,28). The minimum atomic E-state index is -0.583. The number of nitrogens with zero attached hydrogens (tertiary/aromatic N) is 1. The molecule has 1 aliphatic rings. The molecule has 0 saturated carbocycles. The largest absolute Gasteiger partial charge is 0.465 e. The number of piperidine rings is 1. The molecule has 1 N–H and O–H groups in total. The Balaban J connectivity index is 1.74. The van der Waals surface area contributed by atoms with Gasteiger partial charge in [-0.1, -0.05) is 23.7 Å². The van der Waals surface area contributed by atoms with Gasteiger partial charge in [-0.25, -0.2) is 4.79 Å². The summed E-state index contributed by atoms with van der Waals surface area (Å²) in [7, 11) is 1.35. The normalized spacial score (nSPS) is 14.3. The van der Waals surface area contributed by atoms with Crippen molar-refractivity contribution >= 4 is 29.2 Å². The number of ether oxygens (including phenoxy) is 1. The third-order valence-electron chi connectivity index (χ3n) is 5.52. The van der Waals surface area contributed by atoms with Crippen molar-refractivity contribution in [2.45, 2.75) is 45.1 Å². The first-order chi connectivity index (χ1) is 14.3. The van der Waals surface area contributed by atoms with E-state index < -0.39 is 11.5 Å². The lowest BCUT2D eigenvalue weighted by Crippen LogP contribution is -2.43. The number of benzene rings is 2. The molecule has 2 aromatic rings. The van der Waals surface area contributed by atoms with E-state index in [4.69, 9.17) is 16.3 Å². The van der Waals surface area contributed by atoms with Crippen LogP contribution in [0.4, 0.5) is 5.69 Å².